The molecule has 0 heterocycles. The van der Waals surface area contributed by atoms with E-state index in [1.807, 2.05) is 0 Å². The largest absolute Gasteiger partial charge is 0.240 e. The first-order chi connectivity index (χ1) is 8.45. The van der Waals surface area contributed by atoms with Gasteiger partial charge in [0.05, 0.1) is 4.90 Å². The summed E-state index contributed by atoms with van der Waals surface area (Å²) in [7, 11) is -3.51. The van der Waals surface area contributed by atoms with E-state index in [0.717, 1.165) is 25.7 Å². The van der Waals surface area contributed by atoms with Crippen molar-refractivity contribution in [3.05, 3.63) is 28.2 Å². The van der Waals surface area contributed by atoms with Gasteiger partial charge in [0.25, 0.3) is 0 Å². The van der Waals surface area contributed by atoms with Gasteiger partial charge < -0.3 is 0 Å². The molecule has 0 radical (unpaired) electrons. The van der Waals surface area contributed by atoms with E-state index in [-0.39, 0.29) is 4.90 Å². The number of benzene rings is 1. The summed E-state index contributed by atoms with van der Waals surface area (Å²) in [5, 5.41) is 0.628. The van der Waals surface area contributed by atoms with E-state index in [1.165, 1.54) is 18.2 Å². The Hall–Kier alpha value is -0.290. The Labute approximate surface area is 119 Å². The maximum Gasteiger partial charge on any atom is 0.240 e. The molecule has 0 fully saturated rings. The topological polar surface area (TPSA) is 46.2 Å². The van der Waals surface area contributed by atoms with Crippen LogP contribution in [0.4, 0.5) is 0 Å². The minimum atomic E-state index is -3.51. The molecule has 1 aromatic carbocycles. The second kappa shape index (κ2) is 7.34. The molecule has 1 aromatic rings. The van der Waals surface area contributed by atoms with Gasteiger partial charge >= 0.3 is 0 Å². The monoisotopic (exact) mass is 309 g/mol. The van der Waals surface area contributed by atoms with Gasteiger partial charge in [-0.3, -0.25) is 0 Å². The van der Waals surface area contributed by atoms with E-state index in [0.29, 0.717) is 16.6 Å². The average molecular weight is 310 g/mol. The van der Waals surface area contributed by atoms with Crippen molar-refractivity contribution in [1.29, 1.82) is 0 Å². The van der Waals surface area contributed by atoms with Crippen molar-refractivity contribution in [2.24, 2.45) is 0 Å². The lowest BCUT2D eigenvalue weighted by Crippen LogP contribution is -2.24. The van der Waals surface area contributed by atoms with Crippen LogP contribution >= 0.6 is 23.2 Å². The van der Waals surface area contributed by atoms with Crippen LogP contribution < -0.4 is 4.72 Å². The lowest BCUT2D eigenvalue weighted by atomic mass is 10.2. The van der Waals surface area contributed by atoms with Gasteiger partial charge in [-0.1, -0.05) is 49.4 Å². The normalized spacial score (nSPS) is 11.7. The van der Waals surface area contributed by atoms with Crippen LogP contribution in [0.2, 0.25) is 10.0 Å². The molecule has 102 valence electrons. The van der Waals surface area contributed by atoms with Crippen molar-refractivity contribution >= 4 is 33.2 Å². The molecule has 0 unspecified atom stereocenters. The molecule has 0 bridgehead atoms. The van der Waals surface area contributed by atoms with Gasteiger partial charge in [-0.25, -0.2) is 13.1 Å². The van der Waals surface area contributed by atoms with Crippen LogP contribution in [0.15, 0.2) is 23.1 Å². The van der Waals surface area contributed by atoms with E-state index in [4.69, 9.17) is 23.2 Å². The standard InChI is InChI=1S/C12H17Cl2NO2S/c1-2-3-4-5-6-15-18(16,17)12-8-10(13)7-11(14)9-12/h7-9,15H,2-6H2,1H3. The van der Waals surface area contributed by atoms with Crippen molar-refractivity contribution in [1.82, 2.24) is 4.72 Å². The third kappa shape index (κ3) is 5.14. The number of rotatable bonds is 7. The quantitative estimate of drug-likeness (QED) is 0.778. The highest BCUT2D eigenvalue weighted by molar-refractivity contribution is 7.89. The average Bonchev–Trinajstić information content (AvgIpc) is 2.27. The van der Waals surface area contributed by atoms with Crippen molar-refractivity contribution in [3.8, 4) is 0 Å². The number of nitrogens with one attached hydrogen (secondary N) is 1. The van der Waals surface area contributed by atoms with Crippen molar-refractivity contribution in [2.75, 3.05) is 6.54 Å². The zero-order chi connectivity index (χ0) is 13.6. The summed E-state index contributed by atoms with van der Waals surface area (Å²) in [6.07, 6.45) is 4.10. The minimum absolute atomic E-state index is 0.107. The van der Waals surface area contributed by atoms with Crippen LogP contribution in [-0.2, 0) is 10.0 Å². The maximum atomic E-state index is 11.9. The smallest absolute Gasteiger partial charge is 0.211 e. The Bertz CT molecular complexity index is 469. The van der Waals surface area contributed by atoms with Gasteiger partial charge in [0.15, 0.2) is 0 Å². The first-order valence-electron chi connectivity index (χ1n) is 5.91. The fourth-order valence-corrected chi connectivity index (χ4v) is 3.32. The SMILES string of the molecule is CCCCCCNS(=O)(=O)c1cc(Cl)cc(Cl)c1. The van der Waals surface area contributed by atoms with Gasteiger partial charge in [0.2, 0.25) is 10.0 Å². The zero-order valence-electron chi connectivity index (χ0n) is 10.2. The molecule has 0 aliphatic rings. The third-order valence-corrected chi connectivity index (χ3v) is 4.35. The fraction of sp³-hybridized carbons (Fsp3) is 0.500. The number of sulfonamides is 1. The number of unbranched alkanes of at least 4 members (excludes halogenated alkanes) is 3. The molecule has 0 saturated heterocycles. The van der Waals surface area contributed by atoms with Crippen molar-refractivity contribution in [3.63, 3.8) is 0 Å². The second-order valence-corrected chi connectivity index (χ2v) is 6.70. The summed E-state index contributed by atoms with van der Waals surface area (Å²) < 4.78 is 26.4. The summed E-state index contributed by atoms with van der Waals surface area (Å²) in [4.78, 5) is 0.107. The molecule has 0 saturated carbocycles. The molecule has 1 N–H and O–H groups in total. The van der Waals surface area contributed by atoms with Crippen LogP contribution in [-0.4, -0.2) is 15.0 Å². The molecule has 0 aliphatic heterocycles. The first kappa shape index (κ1) is 15.8. The molecule has 0 amide bonds. The fourth-order valence-electron chi connectivity index (χ4n) is 1.53. The highest BCUT2D eigenvalue weighted by Gasteiger charge is 2.14. The Balaban J connectivity index is 2.63. The number of hydrogen-bond donors (Lipinski definition) is 1. The van der Waals surface area contributed by atoms with Crippen LogP contribution in [0, 0.1) is 0 Å². The Morgan fingerprint density at radius 2 is 1.67 bits per heavy atom. The summed E-state index contributed by atoms with van der Waals surface area (Å²) in [5.74, 6) is 0. The maximum absolute atomic E-state index is 11.9. The lowest BCUT2D eigenvalue weighted by molar-refractivity contribution is 0.573. The first-order valence-corrected chi connectivity index (χ1v) is 8.15. The zero-order valence-corrected chi connectivity index (χ0v) is 12.6. The predicted molar refractivity (Wildman–Crippen MR) is 75.8 cm³/mol. The Morgan fingerprint density at radius 3 is 2.22 bits per heavy atom. The number of halogens is 2. The molecular formula is C12H17Cl2NO2S. The molecule has 0 atom stereocenters. The van der Waals surface area contributed by atoms with Crippen LogP contribution in [0.25, 0.3) is 0 Å². The minimum Gasteiger partial charge on any atom is -0.211 e. The van der Waals surface area contributed by atoms with Crippen LogP contribution in [0.5, 0.6) is 0 Å². The predicted octanol–water partition coefficient (Wildman–Crippen LogP) is 3.85. The van der Waals surface area contributed by atoms with E-state index < -0.39 is 10.0 Å². The Morgan fingerprint density at radius 1 is 1.06 bits per heavy atom. The van der Waals surface area contributed by atoms with Gasteiger partial charge in [0.1, 0.15) is 0 Å². The van der Waals surface area contributed by atoms with Crippen LogP contribution in [0.1, 0.15) is 32.6 Å². The molecule has 6 heteroatoms. The summed E-state index contributed by atoms with van der Waals surface area (Å²) in [6, 6.07) is 4.28. The molecule has 0 aliphatic carbocycles. The third-order valence-electron chi connectivity index (χ3n) is 2.47. The van der Waals surface area contributed by atoms with Gasteiger partial charge in [0, 0.05) is 16.6 Å². The van der Waals surface area contributed by atoms with Gasteiger partial charge in [-0.05, 0) is 24.6 Å². The number of hydrogen-bond acceptors (Lipinski definition) is 2. The van der Waals surface area contributed by atoms with E-state index in [9.17, 15) is 8.42 Å². The summed E-state index contributed by atoms with van der Waals surface area (Å²) in [6.45, 7) is 2.55. The van der Waals surface area contributed by atoms with Crippen molar-refractivity contribution in [2.45, 2.75) is 37.5 Å². The molecule has 0 spiro atoms. The van der Waals surface area contributed by atoms with Gasteiger partial charge in [-0.15, -0.1) is 0 Å². The molecule has 1 rings (SSSR count). The molecule has 18 heavy (non-hydrogen) atoms. The van der Waals surface area contributed by atoms with Gasteiger partial charge in [-0.2, -0.15) is 0 Å². The van der Waals surface area contributed by atoms with E-state index >= 15 is 0 Å². The summed E-state index contributed by atoms with van der Waals surface area (Å²) >= 11 is 11.6. The second-order valence-electron chi connectivity index (χ2n) is 4.06. The molecular weight excluding hydrogens is 293 g/mol. The molecule has 3 nitrogen and oxygen atoms in total. The molecule has 0 aromatic heterocycles. The highest BCUT2D eigenvalue weighted by Crippen LogP contribution is 2.22. The van der Waals surface area contributed by atoms with Crippen LogP contribution in [0.3, 0.4) is 0 Å². The summed E-state index contributed by atoms with van der Waals surface area (Å²) in [5.41, 5.74) is 0. The highest BCUT2D eigenvalue weighted by atomic mass is 35.5. The van der Waals surface area contributed by atoms with E-state index in [2.05, 4.69) is 11.6 Å². The van der Waals surface area contributed by atoms with E-state index in [1.54, 1.807) is 0 Å². The van der Waals surface area contributed by atoms with Crippen molar-refractivity contribution < 1.29 is 8.42 Å². The Kier molecular flexibility index (Phi) is 6.43. The lowest BCUT2D eigenvalue weighted by Gasteiger charge is -2.07.